The summed E-state index contributed by atoms with van der Waals surface area (Å²) in [6.45, 7) is 10.7. The number of carbonyl (C=O) groups is 1. The van der Waals surface area contributed by atoms with Gasteiger partial charge in [-0.25, -0.2) is 14.2 Å². The molecule has 1 aromatic carbocycles. The van der Waals surface area contributed by atoms with E-state index in [1.165, 1.54) is 9.13 Å². The standard InChI is InChI=1S/C31H39N7O4/c1-8-9-17-37-25-26(34(6)29(37)36-16-12-13-21(19-36)33-28(40)42-31(3,4)5)35(7)30(41)38(27(25)39)24-18-20(2)32-23-15-11-10-14-22(23)24/h10-11,14-15,18,21,29H,12-13,16-17,19H2,1-7H3,(H,33,40)/t21-,29?/m1/s1. The smallest absolute Gasteiger partial charge is 0.407 e. The van der Waals surface area contributed by atoms with Gasteiger partial charge in [-0.05, 0) is 59.6 Å². The summed E-state index contributed by atoms with van der Waals surface area (Å²) < 4.78 is 8.28. The van der Waals surface area contributed by atoms with Gasteiger partial charge >= 0.3 is 11.8 Å². The third-order valence-electron chi connectivity index (χ3n) is 7.65. The Kier molecular flexibility index (Phi) is 7.77. The van der Waals surface area contributed by atoms with E-state index in [1.807, 2.05) is 68.8 Å². The van der Waals surface area contributed by atoms with E-state index in [-0.39, 0.29) is 12.3 Å². The number of fused-ring (bicyclic) bond motifs is 2. The molecule has 1 N–H and O–H groups in total. The van der Waals surface area contributed by atoms with Crippen LogP contribution in [0.1, 0.15) is 46.2 Å². The number of aromatic nitrogens is 3. The average Bonchev–Trinajstić information content (AvgIpc) is 3.21. The maximum absolute atomic E-state index is 14.4. The first kappa shape index (κ1) is 29.2. The second-order valence-electron chi connectivity index (χ2n) is 11.9. The van der Waals surface area contributed by atoms with Gasteiger partial charge in [0.15, 0.2) is 6.29 Å². The predicted octanol–water partition coefficient (Wildman–Crippen LogP) is 2.95. The highest BCUT2D eigenvalue weighted by Gasteiger charge is 2.43. The van der Waals surface area contributed by atoms with Crippen molar-refractivity contribution in [2.45, 2.75) is 65.4 Å². The van der Waals surface area contributed by atoms with Crippen molar-refractivity contribution in [1.29, 1.82) is 0 Å². The van der Waals surface area contributed by atoms with Crippen molar-refractivity contribution in [2.24, 2.45) is 7.05 Å². The number of nitrogens with zero attached hydrogens (tertiary/aromatic N) is 6. The van der Waals surface area contributed by atoms with E-state index in [1.54, 1.807) is 20.0 Å². The highest BCUT2D eigenvalue weighted by Crippen LogP contribution is 2.37. The van der Waals surface area contributed by atoms with E-state index in [2.05, 4.69) is 27.0 Å². The van der Waals surface area contributed by atoms with Crippen LogP contribution in [0, 0.1) is 18.8 Å². The summed E-state index contributed by atoms with van der Waals surface area (Å²) in [5, 5.41) is 3.73. The van der Waals surface area contributed by atoms with Crippen LogP contribution in [0.3, 0.4) is 0 Å². The number of alkyl carbamates (subject to hydrolysis) is 1. The minimum atomic E-state index is -0.593. The van der Waals surface area contributed by atoms with Crippen LogP contribution in [0.4, 0.5) is 16.3 Å². The number of rotatable bonds is 4. The van der Waals surface area contributed by atoms with E-state index in [0.29, 0.717) is 41.5 Å². The zero-order valence-corrected chi connectivity index (χ0v) is 25.4. The van der Waals surface area contributed by atoms with Crippen LogP contribution < -0.4 is 26.4 Å². The summed E-state index contributed by atoms with van der Waals surface area (Å²) in [4.78, 5) is 51.6. The molecule has 42 heavy (non-hydrogen) atoms. The lowest BCUT2D eigenvalue weighted by Crippen LogP contribution is -2.60. The third-order valence-corrected chi connectivity index (χ3v) is 7.65. The number of hydrogen-bond donors (Lipinski definition) is 1. The van der Waals surface area contributed by atoms with E-state index in [0.717, 1.165) is 24.8 Å². The number of likely N-dealkylation sites (tertiary alicyclic amines) is 1. The number of nitrogens with one attached hydrogen (secondary N) is 1. The lowest BCUT2D eigenvalue weighted by molar-refractivity contribution is 0.0456. The van der Waals surface area contributed by atoms with Gasteiger partial charge in [0.25, 0.3) is 5.56 Å². The maximum Gasteiger partial charge on any atom is 0.407 e. The Morgan fingerprint density at radius 1 is 1.19 bits per heavy atom. The van der Waals surface area contributed by atoms with Crippen molar-refractivity contribution < 1.29 is 9.53 Å². The molecule has 11 nitrogen and oxygen atoms in total. The molecular weight excluding hydrogens is 534 g/mol. The fourth-order valence-electron chi connectivity index (χ4n) is 6.03. The van der Waals surface area contributed by atoms with Crippen molar-refractivity contribution in [2.75, 3.05) is 36.5 Å². The minimum absolute atomic E-state index is 0.128. The van der Waals surface area contributed by atoms with Crippen LogP contribution in [0.25, 0.3) is 16.6 Å². The summed E-state index contributed by atoms with van der Waals surface area (Å²) >= 11 is 0. The van der Waals surface area contributed by atoms with Crippen molar-refractivity contribution in [3.8, 4) is 17.5 Å². The summed E-state index contributed by atoms with van der Waals surface area (Å²) in [6, 6.07) is 9.15. The number of aryl methyl sites for hydroxylation is 1. The normalized spacial score (nSPS) is 18.9. The van der Waals surface area contributed by atoms with Crippen molar-refractivity contribution >= 4 is 28.5 Å². The molecule has 2 atom stereocenters. The van der Waals surface area contributed by atoms with E-state index >= 15 is 0 Å². The van der Waals surface area contributed by atoms with Gasteiger partial charge in [-0.2, -0.15) is 0 Å². The Morgan fingerprint density at radius 2 is 1.93 bits per heavy atom. The van der Waals surface area contributed by atoms with Crippen LogP contribution in [0.2, 0.25) is 0 Å². The average molecular weight is 574 g/mol. The fraction of sp³-hybridized carbons (Fsp3) is 0.484. The zero-order chi connectivity index (χ0) is 30.3. The molecule has 222 valence electrons. The van der Waals surface area contributed by atoms with Crippen LogP contribution in [-0.4, -0.2) is 69.7 Å². The largest absolute Gasteiger partial charge is 0.444 e. The molecule has 3 aromatic rings. The SMILES string of the molecule is CC#CCN1c2c(n(C)c(=O)n(-c3cc(C)nc4ccccc34)c2=O)N(C)C1N1CCC[C@@H](NC(=O)OC(C)(C)C)C1. The lowest BCUT2D eigenvalue weighted by Gasteiger charge is -2.42. The summed E-state index contributed by atoms with van der Waals surface area (Å²) in [5.74, 6) is 6.62. The van der Waals surface area contributed by atoms with Gasteiger partial charge in [-0.3, -0.25) is 19.2 Å². The van der Waals surface area contributed by atoms with Crippen LogP contribution in [0.5, 0.6) is 0 Å². The van der Waals surface area contributed by atoms with Gasteiger partial charge in [0.2, 0.25) is 0 Å². The Balaban J connectivity index is 1.59. The number of amides is 1. The molecule has 1 amide bonds. The highest BCUT2D eigenvalue weighted by molar-refractivity contribution is 5.87. The molecule has 2 aliphatic rings. The number of ether oxygens (including phenoxy) is 1. The molecule has 0 radical (unpaired) electrons. The Bertz CT molecular complexity index is 1710. The molecule has 4 heterocycles. The van der Waals surface area contributed by atoms with Gasteiger partial charge in [0.05, 0.1) is 17.7 Å². The number of para-hydroxylation sites is 1. The number of pyridine rings is 1. The summed E-state index contributed by atoms with van der Waals surface area (Å²) in [6.07, 6.45) is 0.832. The molecule has 11 heteroatoms. The van der Waals surface area contributed by atoms with E-state index in [4.69, 9.17) is 4.74 Å². The number of carbonyl (C=O) groups excluding carboxylic acids is 1. The molecule has 0 bridgehead atoms. The number of benzene rings is 1. The molecule has 5 rings (SSSR count). The molecule has 1 saturated heterocycles. The third kappa shape index (κ3) is 5.34. The van der Waals surface area contributed by atoms with Crippen LogP contribution >= 0.6 is 0 Å². The molecular formula is C31H39N7O4. The number of hydrogen-bond acceptors (Lipinski definition) is 8. The van der Waals surface area contributed by atoms with Crippen molar-refractivity contribution in [3.63, 3.8) is 0 Å². The van der Waals surface area contributed by atoms with E-state index < -0.39 is 22.9 Å². The molecule has 2 aliphatic heterocycles. The number of piperidine rings is 1. The Morgan fingerprint density at radius 3 is 2.64 bits per heavy atom. The monoisotopic (exact) mass is 573 g/mol. The highest BCUT2D eigenvalue weighted by atomic mass is 16.6. The molecule has 0 saturated carbocycles. The Hall–Kier alpha value is -4.30. The second kappa shape index (κ2) is 11.2. The molecule has 1 unspecified atom stereocenters. The first-order valence-corrected chi connectivity index (χ1v) is 14.3. The Labute approximate surface area is 245 Å². The second-order valence-corrected chi connectivity index (χ2v) is 11.9. The molecule has 1 fully saturated rings. The quantitative estimate of drug-likeness (QED) is 0.475. The van der Waals surface area contributed by atoms with Gasteiger partial charge in [-0.1, -0.05) is 24.1 Å². The van der Waals surface area contributed by atoms with Gasteiger partial charge in [-0.15, -0.1) is 5.92 Å². The predicted molar refractivity (Wildman–Crippen MR) is 164 cm³/mol. The van der Waals surface area contributed by atoms with Gasteiger partial charge < -0.3 is 19.9 Å². The van der Waals surface area contributed by atoms with Crippen molar-refractivity contribution in [1.82, 2.24) is 24.3 Å². The van der Waals surface area contributed by atoms with E-state index in [9.17, 15) is 14.4 Å². The first-order chi connectivity index (χ1) is 19.9. The minimum Gasteiger partial charge on any atom is -0.444 e. The summed E-state index contributed by atoms with van der Waals surface area (Å²) in [7, 11) is 3.59. The maximum atomic E-state index is 14.4. The fourth-order valence-corrected chi connectivity index (χ4v) is 6.03. The lowest BCUT2D eigenvalue weighted by atomic mass is 10.1. The zero-order valence-electron chi connectivity index (χ0n) is 25.4. The summed E-state index contributed by atoms with van der Waals surface area (Å²) in [5.41, 5.74) is 0.890. The molecule has 0 spiro atoms. The molecule has 2 aromatic heterocycles. The molecule has 0 aliphatic carbocycles. The van der Waals surface area contributed by atoms with Crippen LogP contribution in [0.15, 0.2) is 39.9 Å². The van der Waals surface area contributed by atoms with Gasteiger partial charge in [0.1, 0.15) is 17.1 Å². The van der Waals surface area contributed by atoms with Gasteiger partial charge in [0, 0.05) is 44.3 Å². The van der Waals surface area contributed by atoms with Crippen molar-refractivity contribution in [3.05, 3.63) is 56.9 Å². The van der Waals surface area contributed by atoms with Crippen LogP contribution in [-0.2, 0) is 11.8 Å². The first-order valence-electron chi connectivity index (χ1n) is 14.3. The topological polar surface area (TPSA) is 105 Å². The number of anilines is 2.